The molecule has 0 aliphatic heterocycles. The van der Waals surface area contributed by atoms with Crippen LogP contribution in [0.1, 0.15) is 16.7 Å². The Bertz CT molecular complexity index is 1540. The highest BCUT2D eigenvalue weighted by Gasteiger charge is 2.18. The van der Waals surface area contributed by atoms with E-state index in [1.807, 2.05) is 55.6 Å². The number of fused-ring (bicyclic) bond motifs is 1. The maximum Gasteiger partial charge on any atom is 0.268 e. The number of rotatable bonds is 6. The van der Waals surface area contributed by atoms with Crippen LogP contribution in [0.4, 0.5) is 5.13 Å². The minimum absolute atomic E-state index is 0.00320. The van der Waals surface area contributed by atoms with E-state index in [4.69, 9.17) is 0 Å². The van der Waals surface area contributed by atoms with Crippen molar-refractivity contribution in [3.8, 4) is 6.07 Å². The monoisotopic (exact) mass is 477 g/mol. The summed E-state index contributed by atoms with van der Waals surface area (Å²) >= 11 is 0.728. The second-order valence-corrected chi connectivity index (χ2v) is 10.7. The van der Waals surface area contributed by atoms with Gasteiger partial charge in [0.15, 0.2) is 0 Å². The van der Waals surface area contributed by atoms with E-state index in [1.54, 1.807) is 0 Å². The van der Waals surface area contributed by atoms with E-state index in [0.29, 0.717) is 6.54 Å². The lowest BCUT2D eigenvalue weighted by molar-refractivity contribution is -0.112. The molecule has 0 bridgehead atoms. The topological polar surface area (TPSA) is 118 Å². The summed E-state index contributed by atoms with van der Waals surface area (Å²) in [5, 5.41) is 20.2. The van der Waals surface area contributed by atoms with E-state index in [-0.39, 0.29) is 15.0 Å². The van der Waals surface area contributed by atoms with Crippen LogP contribution in [0.2, 0.25) is 0 Å². The van der Waals surface area contributed by atoms with Gasteiger partial charge in [-0.05, 0) is 24.6 Å². The maximum absolute atomic E-state index is 12.7. The van der Waals surface area contributed by atoms with Crippen molar-refractivity contribution in [3.63, 3.8) is 0 Å². The number of nitrogens with one attached hydrogen (secondary N) is 1. The highest BCUT2D eigenvalue weighted by molar-refractivity contribution is 7.92. The highest BCUT2D eigenvalue weighted by Crippen LogP contribution is 2.25. The van der Waals surface area contributed by atoms with Crippen LogP contribution in [0.3, 0.4) is 0 Å². The van der Waals surface area contributed by atoms with Gasteiger partial charge in [0.2, 0.25) is 19.3 Å². The van der Waals surface area contributed by atoms with Gasteiger partial charge in [0.1, 0.15) is 11.6 Å². The molecule has 2 aromatic carbocycles. The molecule has 4 rings (SSSR count). The zero-order chi connectivity index (χ0) is 23.6. The summed E-state index contributed by atoms with van der Waals surface area (Å²) in [6.45, 7) is 2.68. The van der Waals surface area contributed by atoms with E-state index in [2.05, 4.69) is 32.2 Å². The minimum atomic E-state index is -3.53. The van der Waals surface area contributed by atoms with Crippen LogP contribution >= 0.6 is 11.3 Å². The van der Waals surface area contributed by atoms with Crippen molar-refractivity contribution in [2.24, 2.45) is 0 Å². The standard InChI is InChI=1S/C23H19N5O3S2/c1-15-6-5-7-16(10-15)13-28-14-18(19-8-3-4-9-20(19)28)11-17(12-24)21(29)25-22-26-27-23(32-22)33(2,30)31/h3-11,14H,13H2,1-2H3,(H,25,26,29)/b17-11-. The van der Waals surface area contributed by atoms with Gasteiger partial charge in [-0.25, -0.2) is 8.42 Å². The molecule has 0 aliphatic carbocycles. The molecule has 1 N–H and O–H groups in total. The number of aromatic nitrogens is 3. The Kier molecular flexibility index (Phi) is 6.09. The van der Waals surface area contributed by atoms with Crippen molar-refractivity contribution < 1.29 is 13.2 Å². The minimum Gasteiger partial charge on any atom is -0.342 e. The SMILES string of the molecule is Cc1cccc(Cn2cc(/C=C(/C#N)C(=O)Nc3nnc(S(C)(=O)=O)s3)c3ccccc32)c1. The number of hydrogen-bond acceptors (Lipinski definition) is 7. The van der Waals surface area contributed by atoms with E-state index in [1.165, 1.54) is 11.6 Å². The van der Waals surface area contributed by atoms with Crippen LogP contribution in [0.25, 0.3) is 17.0 Å². The van der Waals surface area contributed by atoms with Crippen molar-refractivity contribution in [1.29, 1.82) is 5.26 Å². The van der Waals surface area contributed by atoms with Gasteiger partial charge < -0.3 is 4.57 Å². The molecule has 166 valence electrons. The third kappa shape index (κ3) is 5.00. The molecule has 0 atom stereocenters. The molecule has 4 aromatic rings. The van der Waals surface area contributed by atoms with E-state index >= 15 is 0 Å². The van der Waals surface area contributed by atoms with Gasteiger partial charge in [0, 0.05) is 35.5 Å². The number of anilines is 1. The first kappa shape index (κ1) is 22.4. The van der Waals surface area contributed by atoms with Crippen LogP contribution in [-0.4, -0.2) is 35.3 Å². The number of nitriles is 1. The van der Waals surface area contributed by atoms with E-state index in [0.717, 1.165) is 39.6 Å². The Labute approximate surface area is 194 Å². The predicted molar refractivity (Wildman–Crippen MR) is 127 cm³/mol. The molecule has 0 aliphatic rings. The predicted octanol–water partition coefficient (Wildman–Crippen LogP) is 3.80. The van der Waals surface area contributed by atoms with Crippen molar-refractivity contribution in [1.82, 2.24) is 14.8 Å². The van der Waals surface area contributed by atoms with Crippen LogP contribution in [-0.2, 0) is 21.2 Å². The maximum atomic E-state index is 12.7. The summed E-state index contributed by atoms with van der Waals surface area (Å²) in [4.78, 5) is 12.7. The molecular formula is C23H19N5O3S2. The number of amides is 1. The van der Waals surface area contributed by atoms with Crippen molar-refractivity contribution in [2.45, 2.75) is 17.8 Å². The average Bonchev–Trinajstić information content (AvgIpc) is 3.37. The van der Waals surface area contributed by atoms with Gasteiger partial charge in [-0.15, -0.1) is 10.2 Å². The van der Waals surface area contributed by atoms with Crippen molar-refractivity contribution in [2.75, 3.05) is 11.6 Å². The molecule has 0 radical (unpaired) electrons. The van der Waals surface area contributed by atoms with Gasteiger partial charge in [-0.3, -0.25) is 10.1 Å². The van der Waals surface area contributed by atoms with Gasteiger partial charge >= 0.3 is 0 Å². The molecule has 0 unspecified atom stereocenters. The van der Waals surface area contributed by atoms with Crippen LogP contribution < -0.4 is 5.32 Å². The summed E-state index contributed by atoms with van der Waals surface area (Å²) in [7, 11) is -3.53. The Hall–Kier alpha value is -3.81. The van der Waals surface area contributed by atoms with Gasteiger partial charge in [0.25, 0.3) is 5.91 Å². The third-order valence-corrected chi connectivity index (χ3v) is 7.37. The van der Waals surface area contributed by atoms with Gasteiger partial charge in [-0.2, -0.15) is 5.26 Å². The number of para-hydroxylation sites is 1. The summed E-state index contributed by atoms with van der Waals surface area (Å²) in [6, 6.07) is 17.9. The molecule has 2 heterocycles. The van der Waals surface area contributed by atoms with Gasteiger partial charge in [0.05, 0.1) is 0 Å². The third-order valence-electron chi connectivity index (χ3n) is 4.86. The molecular weight excluding hydrogens is 458 g/mol. The van der Waals surface area contributed by atoms with Crippen LogP contribution in [0, 0.1) is 18.3 Å². The number of carbonyl (C=O) groups excluding carboxylic acids is 1. The molecule has 33 heavy (non-hydrogen) atoms. The normalized spacial score (nSPS) is 12.0. The summed E-state index contributed by atoms with van der Waals surface area (Å²) in [5.41, 5.74) is 3.87. The molecule has 10 heteroatoms. The number of hydrogen-bond donors (Lipinski definition) is 1. The van der Waals surface area contributed by atoms with Crippen LogP contribution in [0.5, 0.6) is 0 Å². The zero-order valence-corrected chi connectivity index (χ0v) is 19.4. The van der Waals surface area contributed by atoms with Crippen molar-refractivity contribution in [3.05, 3.63) is 77.0 Å². The number of benzene rings is 2. The lowest BCUT2D eigenvalue weighted by Gasteiger charge is -2.06. The Morgan fingerprint density at radius 3 is 2.70 bits per heavy atom. The summed E-state index contributed by atoms with van der Waals surface area (Å²) in [6.07, 6.45) is 4.43. The summed E-state index contributed by atoms with van der Waals surface area (Å²) < 4.78 is 25.0. The first-order chi connectivity index (χ1) is 15.7. The number of aryl methyl sites for hydroxylation is 1. The molecule has 0 fully saturated rings. The zero-order valence-electron chi connectivity index (χ0n) is 17.8. The second-order valence-electron chi connectivity index (χ2n) is 7.49. The number of sulfone groups is 1. The Morgan fingerprint density at radius 1 is 1.21 bits per heavy atom. The number of nitrogens with zero attached hydrogens (tertiary/aromatic N) is 4. The fraction of sp³-hybridized carbons (Fsp3) is 0.130. The summed E-state index contributed by atoms with van der Waals surface area (Å²) in [5.74, 6) is -0.691. The Balaban J connectivity index is 1.66. The molecule has 2 aromatic heterocycles. The first-order valence-electron chi connectivity index (χ1n) is 9.85. The highest BCUT2D eigenvalue weighted by atomic mass is 32.2. The van der Waals surface area contributed by atoms with E-state index in [9.17, 15) is 18.5 Å². The quantitative estimate of drug-likeness (QED) is 0.256. The van der Waals surface area contributed by atoms with Gasteiger partial charge in [-0.1, -0.05) is 59.4 Å². The molecule has 0 saturated heterocycles. The fourth-order valence-electron chi connectivity index (χ4n) is 3.41. The Morgan fingerprint density at radius 2 is 2.00 bits per heavy atom. The van der Waals surface area contributed by atoms with Crippen molar-refractivity contribution >= 4 is 49.2 Å². The molecule has 8 nitrogen and oxygen atoms in total. The number of carbonyl (C=O) groups is 1. The second kappa shape index (κ2) is 8.97. The van der Waals surface area contributed by atoms with Crippen LogP contribution in [0.15, 0.2) is 64.6 Å². The lowest BCUT2D eigenvalue weighted by atomic mass is 10.1. The molecule has 0 spiro atoms. The first-order valence-corrected chi connectivity index (χ1v) is 12.6. The van der Waals surface area contributed by atoms with E-state index < -0.39 is 15.7 Å². The smallest absolute Gasteiger partial charge is 0.268 e. The average molecular weight is 478 g/mol. The largest absolute Gasteiger partial charge is 0.342 e. The molecule has 1 amide bonds. The lowest BCUT2D eigenvalue weighted by Crippen LogP contribution is -2.13. The fourth-order valence-corrected chi connectivity index (χ4v) is 4.91. The molecule has 0 saturated carbocycles.